The van der Waals surface area contributed by atoms with Gasteiger partial charge in [-0.15, -0.1) is 0 Å². The van der Waals surface area contributed by atoms with E-state index in [1.54, 1.807) is 0 Å². The molecule has 0 aromatic heterocycles. The summed E-state index contributed by atoms with van der Waals surface area (Å²) in [6.45, 7) is 5.04. The third kappa shape index (κ3) is 3.38. The fourth-order valence-corrected chi connectivity index (χ4v) is 9.02. The first-order chi connectivity index (χ1) is 14.9. The molecule has 0 bridgehead atoms. The van der Waals surface area contributed by atoms with Gasteiger partial charge in [-0.05, 0) is 94.3 Å². The molecule has 0 aromatic carbocycles. The molecule has 0 amide bonds. The van der Waals surface area contributed by atoms with Crippen molar-refractivity contribution in [2.24, 2.45) is 28.6 Å². The Morgan fingerprint density at radius 2 is 1.71 bits per heavy atom. The van der Waals surface area contributed by atoms with Crippen molar-refractivity contribution in [2.75, 3.05) is 13.7 Å². The Hall–Kier alpha value is -0.420. The van der Waals surface area contributed by atoms with Crippen molar-refractivity contribution in [2.45, 2.75) is 115 Å². The van der Waals surface area contributed by atoms with Crippen molar-refractivity contribution in [3.8, 4) is 0 Å². The Morgan fingerprint density at radius 1 is 0.935 bits per heavy atom. The van der Waals surface area contributed by atoms with E-state index >= 15 is 0 Å². The molecule has 0 radical (unpaired) electrons. The average Bonchev–Trinajstić information content (AvgIpc) is 3.11. The lowest BCUT2D eigenvalue weighted by molar-refractivity contribution is -0.279. The Balaban J connectivity index is 1.42. The first-order valence-corrected chi connectivity index (χ1v) is 13.1. The molecule has 7 atom stereocenters. The lowest BCUT2D eigenvalue weighted by Gasteiger charge is -2.59. The Labute approximate surface area is 188 Å². The van der Waals surface area contributed by atoms with Crippen LogP contribution in [0.3, 0.4) is 0 Å². The minimum atomic E-state index is -0.362. The molecule has 4 nitrogen and oxygen atoms in total. The molecule has 0 saturated heterocycles. The van der Waals surface area contributed by atoms with E-state index in [0.29, 0.717) is 23.9 Å². The van der Waals surface area contributed by atoms with Crippen LogP contribution in [0.4, 0.5) is 0 Å². The van der Waals surface area contributed by atoms with Crippen molar-refractivity contribution < 1.29 is 19.7 Å². The molecule has 4 fully saturated rings. The third-order valence-electron chi connectivity index (χ3n) is 10.7. The number of fused-ring (bicyclic) bond motifs is 5. The van der Waals surface area contributed by atoms with Crippen molar-refractivity contribution in [1.29, 1.82) is 0 Å². The summed E-state index contributed by atoms with van der Waals surface area (Å²) in [5, 5.41) is 21.1. The standard InChI is InChI=1S/C27H44O4/c1-18-15-20-21-7-8-24(31-27(30-3)11-5-4-6-12-27)25(21,2)13-10-22(20)26(17-28)14-9-19(29)16-23(18)26/h19-22,24,28-29H,4-17H2,1-3H3/t19?,20-,21-,22+,24?,25-,26-/m0/s1. The predicted molar refractivity (Wildman–Crippen MR) is 121 cm³/mol. The summed E-state index contributed by atoms with van der Waals surface area (Å²) in [7, 11) is 1.84. The zero-order valence-electron chi connectivity index (χ0n) is 20.0. The number of ether oxygens (including phenoxy) is 2. The van der Waals surface area contributed by atoms with Gasteiger partial charge >= 0.3 is 0 Å². The molecular formula is C27H44O4. The van der Waals surface area contributed by atoms with Crippen LogP contribution in [-0.2, 0) is 9.47 Å². The van der Waals surface area contributed by atoms with Gasteiger partial charge in [0.25, 0.3) is 0 Å². The maximum atomic E-state index is 10.7. The fourth-order valence-electron chi connectivity index (χ4n) is 9.02. The second-order valence-corrected chi connectivity index (χ2v) is 12.0. The number of hydrogen-bond acceptors (Lipinski definition) is 4. The van der Waals surface area contributed by atoms with Gasteiger partial charge in [0.2, 0.25) is 0 Å². The summed E-state index contributed by atoms with van der Waals surface area (Å²) >= 11 is 0. The molecule has 0 aliphatic heterocycles. The fraction of sp³-hybridized carbons (Fsp3) is 0.926. The summed E-state index contributed by atoms with van der Waals surface area (Å²) in [4.78, 5) is 0. The van der Waals surface area contributed by atoms with Gasteiger partial charge in [-0.2, -0.15) is 0 Å². The zero-order chi connectivity index (χ0) is 21.9. The Morgan fingerprint density at radius 3 is 2.42 bits per heavy atom. The molecule has 0 spiro atoms. The Kier molecular flexibility index (Phi) is 5.85. The maximum Gasteiger partial charge on any atom is 0.168 e. The number of aliphatic hydroxyl groups excluding tert-OH is 2. The van der Waals surface area contributed by atoms with E-state index in [4.69, 9.17) is 9.47 Å². The highest BCUT2D eigenvalue weighted by Gasteiger charge is 2.61. The van der Waals surface area contributed by atoms with Gasteiger partial charge < -0.3 is 19.7 Å². The molecular weight excluding hydrogens is 388 g/mol. The van der Waals surface area contributed by atoms with Gasteiger partial charge in [0.1, 0.15) is 0 Å². The summed E-state index contributed by atoms with van der Waals surface area (Å²) in [6, 6.07) is 0. The first kappa shape index (κ1) is 22.4. The summed E-state index contributed by atoms with van der Waals surface area (Å²) in [6.07, 6.45) is 14.4. The average molecular weight is 433 g/mol. The molecule has 5 rings (SSSR count). The van der Waals surface area contributed by atoms with Crippen LogP contribution in [0.25, 0.3) is 0 Å². The number of aliphatic hydroxyl groups is 2. The van der Waals surface area contributed by atoms with Crippen LogP contribution in [0.15, 0.2) is 11.1 Å². The second kappa shape index (κ2) is 8.11. The third-order valence-corrected chi connectivity index (χ3v) is 10.7. The number of allylic oxidation sites excluding steroid dienone is 1. The maximum absolute atomic E-state index is 10.7. The molecule has 2 N–H and O–H groups in total. The lowest BCUT2D eigenvalue weighted by Crippen LogP contribution is -2.55. The van der Waals surface area contributed by atoms with Gasteiger partial charge in [0.15, 0.2) is 5.79 Å². The van der Waals surface area contributed by atoms with Crippen LogP contribution in [0.2, 0.25) is 0 Å². The molecule has 176 valence electrons. The number of rotatable bonds is 4. The highest BCUT2D eigenvalue weighted by molar-refractivity contribution is 5.31. The normalized spacial score (nSPS) is 46.9. The molecule has 4 heteroatoms. The highest BCUT2D eigenvalue weighted by Crippen LogP contribution is 2.66. The van der Waals surface area contributed by atoms with Gasteiger partial charge in [0, 0.05) is 25.4 Å². The molecule has 5 aliphatic rings. The van der Waals surface area contributed by atoms with E-state index in [9.17, 15) is 10.2 Å². The van der Waals surface area contributed by atoms with Crippen LogP contribution >= 0.6 is 0 Å². The second-order valence-electron chi connectivity index (χ2n) is 12.0. The summed E-state index contributed by atoms with van der Waals surface area (Å²) in [5.74, 6) is 1.51. The molecule has 31 heavy (non-hydrogen) atoms. The SMILES string of the molecule is COC1(OC2CC[C@H]3[C@@H]4CC(C)=C5CC(O)CC[C@]5(CO)[C@@H]4CC[C@]23C)CCCCC1. The van der Waals surface area contributed by atoms with E-state index in [1.165, 1.54) is 49.7 Å². The zero-order valence-corrected chi connectivity index (χ0v) is 20.0. The highest BCUT2D eigenvalue weighted by atomic mass is 16.7. The molecule has 5 aliphatic carbocycles. The van der Waals surface area contributed by atoms with E-state index < -0.39 is 0 Å². The van der Waals surface area contributed by atoms with Crippen molar-refractivity contribution in [1.82, 2.24) is 0 Å². The molecule has 0 aromatic rings. The van der Waals surface area contributed by atoms with Crippen LogP contribution in [0.1, 0.15) is 97.3 Å². The summed E-state index contributed by atoms with van der Waals surface area (Å²) in [5.41, 5.74) is 3.00. The minimum absolute atomic E-state index is 0.0797. The smallest absolute Gasteiger partial charge is 0.168 e. The monoisotopic (exact) mass is 432 g/mol. The van der Waals surface area contributed by atoms with Crippen molar-refractivity contribution in [3.05, 3.63) is 11.1 Å². The van der Waals surface area contributed by atoms with Gasteiger partial charge in [-0.3, -0.25) is 0 Å². The van der Waals surface area contributed by atoms with Crippen LogP contribution in [-0.4, -0.2) is 41.9 Å². The van der Waals surface area contributed by atoms with Gasteiger partial charge in [0.05, 0.1) is 18.8 Å². The van der Waals surface area contributed by atoms with Crippen LogP contribution < -0.4 is 0 Å². The largest absolute Gasteiger partial charge is 0.395 e. The van der Waals surface area contributed by atoms with Crippen LogP contribution in [0, 0.1) is 28.6 Å². The molecule has 4 saturated carbocycles. The van der Waals surface area contributed by atoms with Crippen molar-refractivity contribution in [3.63, 3.8) is 0 Å². The summed E-state index contributed by atoms with van der Waals surface area (Å²) < 4.78 is 12.9. The van der Waals surface area contributed by atoms with E-state index in [2.05, 4.69) is 13.8 Å². The molecule has 0 heterocycles. The Bertz CT molecular complexity index is 710. The quantitative estimate of drug-likeness (QED) is 0.463. The molecule has 2 unspecified atom stereocenters. The minimum Gasteiger partial charge on any atom is -0.395 e. The number of hydrogen-bond donors (Lipinski definition) is 2. The van der Waals surface area contributed by atoms with E-state index in [0.717, 1.165) is 44.9 Å². The van der Waals surface area contributed by atoms with Crippen LogP contribution in [0.5, 0.6) is 0 Å². The van der Waals surface area contributed by atoms with Gasteiger partial charge in [-0.25, -0.2) is 0 Å². The van der Waals surface area contributed by atoms with E-state index in [-0.39, 0.29) is 29.3 Å². The predicted octanol–water partition coefficient (Wildman–Crippen LogP) is 5.36. The lowest BCUT2D eigenvalue weighted by atomic mass is 9.46. The number of methoxy groups -OCH3 is 1. The first-order valence-electron chi connectivity index (χ1n) is 13.1. The van der Waals surface area contributed by atoms with Gasteiger partial charge in [-0.1, -0.05) is 24.5 Å². The topological polar surface area (TPSA) is 58.9 Å². The van der Waals surface area contributed by atoms with Crippen molar-refractivity contribution >= 4 is 0 Å². The van der Waals surface area contributed by atoms with E-state index in [1.807, 2.05) is 7.11 Å².